The first-order valence-corrected chi connectivity index (χ1v) is 67.7. The van der Waals surface area contributed by atoms with E-state index >= 15 is 0 Å². The molecular weight excluding hydrogens is 2020 g/mol. The summed E-state index contributed by atoms with van der Waals surface area (Å²) in [6, 6.07) is 169. The molecule has 1 atom stereocenters. The fourth-order valence-electron chi connectivity index (χ4n) is 14.9. The Bertz CT molecular complexity index is 5700. The maximum absolute atomic E-state index is 8.87. The number of nitrogens with zero attached hydrogens (tertiary/aromatic N) is 4. The summed E-state index contributed by atoms with van der Waals surface area (Å²) in [5, 5.41) is 25.3. The molecule has 2 aromatic heterocycles. The molecule has 0 N–H and O–H groups in total. The van der Waals surface area contributed by atoms with Crippen LogP contribution in [-0.4, -0.2) is 106 Å². The van der Waals surface area contributed by atoms with Crippen LogP contribution in [0.4, 0.5) is 22.7 Å². The van der Waals surface area contributed by atoms with Crippen LogP contribution in [0.5, 0.6) is 23.0 Å². The largest absolute Gasteiger partial charge is 0.0622 e. The summed E-state index contributed by atoms with van der Waals surface area (Å²) in [6.07, 6.45) is 3.54. The second-order valence-corrected chi connectivity index (χ2v) is 41.5. The summed E-state index contributed by atoms with van der Waals surface area (Å²) in [6.45, 7) is 8.24. The van der Waals surface area contributed by atoms with E-state index in [9.17, 15) is 0 Å². The van der Waals surface area contributed by atoms with Crippen LogP contribution in [-0.2, 0) is 39.0 Å². The van der Waals surface area contributed by atoms with E-state index in [0.29, 0.717) is 0 Å². The number of anilines is 4. The minimum absolute atomic E-state index is 0. The van der Waals surface area contributed by atoms with Crippen molar-refractivity contribution in [2.75, 3.05) is 23.9 Å². The maximum Gasteiger partial charge on any atom is 0 e. The molecule has 1 fully saturated rings. The van der Waals surface area contributed by atoms with Crippen LogP contribution in [0.3, 0.4) is 0 Å². The van der Waals surface area contributed by atoms with Crippen molar-refractivity contribution in [1.29, 1.82) is 0 Å². The molecule has 0 aliphatic carbocycles. The van der Waals surface area contributed by atoms with Crippen molar-refractivity contribution in [2.45, 2.75) is 38.9 Å². The predicted molar refractivity (Wildman–Crippen MR) is 574 cm³/mol. The van der Waals surface area contributed by atoms with Crippen molar-refractivity contribution in [3.63, 3.8) is 0 Å². The molecule has 3 aliphatic rings. The minimum Gasteiger partial charge on any atom is -0.0622 e. The molecule has 0 amide bonds. The molecule has 0 spiro atoms. The van der Waals surface area contributed by atoms with Gasteiger partial charge in [0.2, 0.25) is 0 Å². The molecule has 1 saturated heterocycles. The number of pyridine rings is 2. The monoisotopic (exact) mass is 2120 g/mol. The molecule has 3 aliphatic heterocycles. The molecule has 12 nitrogen and oxygen atoms in total. The maximum atomic E-state index is 8.87. The summed E-state index contributed by atoms with van der Waals surface area (Å²) >= 11 is 5.70. The molecule has 21 rings (SSSR count). The van der Waals surface area contributed by atoms with Gasteiger partial charge < -0.3 is 38.7 Å². The smallest absolute Gasteiger partial charge is 0 e. The molecule has 137 heavy (non-hydrogen) atoms. The number of hydrogen-bond acceptors (Lipinski definition) is 12. The molecule has 1 unspecified atom stereocenters. The summed E-state index contributed by atoms with van der Waals surface area (Å²) in [5.74, 6) is 3.38. The van der Waals surface area contributed by atoms with Crippen LogP contribution >= 0.6 is 55.9 Å². The molecule has 0 saturated carbocycles. The van der Waals surface area contributed by atoms with Crippen molar-refractivity contribution in [3.8, 4) is 34.3 Å². The topological polar surface area (TPSA) is 142 Å². The van der Waals surface area contributed by atoms with Crippen molar-refractivity contribution >= 4 is 218 Å². The molecule has 18 aromatic rings. The van der Waals surface area contributed by atoms with E-state index in [1.54, 1.807) is 12.4 Å². The van der Waals surface area contributed by atoms with E-state index in [0.717, 1.165) is 67.1 Å². The summed E-state index contributed by atoms with van der Waals surface area (Å²) in [7, 11) is -1.27. The second kappa shape index (κ2) is 58.4. The van der Waals surface area contributed by atoms with E-state index in [1.807, 2.05) is 104 Å². The first kappa shape index (κ1) is 110. The normalized spacial score (nSPS) is 12.2. The third-order valence-electron chi connectivity index (χ3n) is 21.9. The summed E-state index contributed by atoms with van der Waals surface area (Å²) in [4.78, 5) is 21.5. The van der Waals surface area contributed by atoms with E-state index in [4.69, 9.17) is 33.5 Å². The van der Waals surface area contributed by atoms with Gasteiger partial charge in [-0.3, -0.25) is 4.98 Å². The Labute approximate surface area is 923 Å². The zero-order chi connectivity index (χ0) is 94.4. The van der Waals surface area contributed by atoms with Crippen LogP contribution in [0.25, 0.3) is 11.3 Å². The average molecular weight is 2120 g/mol. The van der Waals surface area contributed by atoms with Crippen LogP contribution in [0.2, 0.25) is 0 Å². The zero-order valence-corrected chi connectivity index (χ0v) is 94.9. The first-order chi connectivity index (χ1) is 66.1. The Balaban J connectivity index is 0.000000153. The molecule has 5 heterocycles. The van der Waals surface area contributed by atoms with Gasteiger partial charge in [-0.1, -0.05) is 419 Å². The van der Waals surface area contributed by atoms with Gasteiger partial charge in [-0.25, -0.2) is 9.66 Å². The van der Waals surface area contributed by atoms with E-state index in [1.165, 1.54) is 127 Å². The van der Waals surface area contributed by atoms with Crippen molar-refractivity contribution in [3.05, 3.63) is 502 Å². The minimum atomic E-state index is -3.15. The van der Waals surface area contributed by atoms with Crippen LogP contribution in [0.15, 0.2) is 502 Å². The van der Waals surface area contributed by atoms with Gasteiger partial charge in [-0.2, -0.15) is 0 Å². The Kier molecular flexibility index (Phi) is 46.9. The number of rotatable bonds is 15. The Morgan fingerprint density at radius 1 is 0.321 bits per heavy atom. The van der Waals surface area contributed by atoms with Gasteiger partial charge in [0.1, 0.15) is 4.60 Å². The molecule has 0 radical (unpaired) electrons. The zero-order valence-electron chi connectivity index (χ0n) is 77.9. The molecule has 0 bridgehead atoms. The van der Waals surface area contributed by atoms with E-state index in [-0.39, 0.29) is 83.0 Å². The number of para-hydroxylation sites is 6. The Morgan fingerprint density at radius 2 is 0.547 bits per heavy atom. The summed E-state index contributed by atoms with van der Waals surface area (Å²) < 4.78 is 37.0. The quantitative estimate of drug-likeness (QED) is 0.0317. The van der Waals surface area contributed by atoms with Crippen LogP contribution in [0.1, 0.15) is 27.7 Å². The van der Waals surface area contributed by atoms with Gasteiger partial charge in [0.25, 0.3) is 0 Å². The number of ether oxygens (including phenoxy) is 2. The van der Waals surface area contributed by atoms with Gasteiger partial charge >= 0.3 is 130 Å². The van der Waals surface area contributed by atoms with Gasteiger partial charge in [0, 0.05) is 57.9 Å². The van der Waals surface area contributed by atoms with Gasteiger partial charge in [0.05, 0.1) is 39.6 Å². The predicted octanol–water partition coefficient (Wildman–Crippen LogP) is 18.6. The molecule has 672 valence electrons. The molecule has 16 aromatic carbocycles. The number of halogens is 1. The van der Waals surface area contributed by atoms with Gasteiger partial charge in [-0.05, 0) is 210 Å². The van der Waals surface area contributed by atoms with E-state index in [2.05, 4.69) is 463 Å². The SMILES string of the molecule is Brc1ccccn1.CN1c2ccccc2Oc2c(-c3ccccn3)cccc21.CN1c2ccccc2Oc2c(B3OC(C)(C)C(C)(C)O3)cccc21.O=[P+]([O-])O[O-].[K+].[K][K].[Pd].c1ccc(P(c2ccccc2)c2ccccc2)cc1.c1ccc(P(c2ccccc2)c2ccccc2)cc1.c1ccc(P(c2ccccc2)c2ccccc2)cc1.c1ccc(P(c2ccccc2)c2ccccc2)cc1. The molecular formula is C114H100BBrK3N4O8P5Pd. The third kappa shape index (κ3) is 31.6. The van der Waals surface area contributed by atoms with E-state index < -0.39 is 47.1 Å². The Morgan fingerprint density at radius 3 is 0.788 bits per heavy atom. The molecule has 23 heteroatoms. The summed E-state index contributed by atoms with van der Waals surface area (Å²) in [5.41, 5.74) is 6.29. The third-order valence-corrected chi connectivity index (χ3v) is 32.3. The van der Waals surface area contributed by atoms with Crippen molar-refractivity contribution in [2.24, 2.45) is 0 Å². The number of hydrogen-bond donors (Lipinski definition) is 0. The Hall–Kier alpha value is -7.24. The van der Waals surface area contributed by atoms with Gasteiger partial charge in [0.15, 0.2) is 23.0 Å². The van der Waals surface area contributed by atoms with Crippen LogP contribution in [0, 0.1) is 0 Å². The van der Waals surface area contributed by atoms with Crippen molar-refractivity contribution < 1.29 is 110 Å². The number of aromatic nitrogens is 2. The van der Waals surface area contributed by atoms with Crippen molar-refractivity contribution in [1.82, 2.24) is 9.97 Å². The fraction of sp³-hybridized carbons (Fsp3) is 0.0702. The second-order valence-electron chi connectivity index (χ2n) is 31.2. The average Bonchev–Trinajstić information content (AvgIpc) is 1.64. The standard InChI is InChI=1S/C19H22BNO3.C18H14N2O.4C18H15P.C5H4BrN.3K.HO4P.Pd/c1-18(2)19(3,4)24-20(23-18)13-9-8-11-15-17(13)22-16-12-7-6-10-14(16)21(15)5;1-20-15-9-2-3-11-17(15)21-18-13(7-6-10-16(18)20)14-8-4-5-12-19-14;4*1-4-10-16(11-5-1)19(17-12-6-2-7-13-17)18-14-8-3-9-15-18;6-5-3-1-2-4-7-5;;;;1-4-5(2)3;/h6-12H,1-5H3;2-12H,1H3;4*1-15H;1-4H;;;;1H;/q;;;;;;;;;+1;;/p-1. The first-order valence-electron chi connectivity index (χ1n) is 44.5. The van der Waals surface area contributed by atoms with Crippen LogP contribution < -0.4 is 150 Å². The number of fused-ring (bicyclic) bond motifs is 4. The fourth-order valence-corrected chi connectivity index (χ4v) is 24.4. The van der Waals surface area contributed by atoms with Gasteiger partial charge in [-0.15, -0.1) is 0 Å². The number of benzene rings is 16.